The number of alkyl halides is 3. The summed E-state index contributed by atoms with van der Waals surface area (Å²) < 4.78 is 38.3. The lowest BCUT2D eigenvalue weighted by Crippen LogP contribution is -2.51. The van der Waals surface area contributed by atoms with Crippen LogP contribution in [0.15, 0.2) is 48.5 Å². The van der Waals surface area contributed by atoms with E-state index in [1.54, 1.807) is 29.2 Å². The smallest absolute Gasteiger partial charge is 0.385 e. The highest BCUT2D eigenvalue weighted by Crippen LogP contribution is 2.34. The van der Waals surface area contributed by atoms with Crippen molar-refractivity contribution in [2.75, 3.05) is 18.4 Å². The third-order valence-corrected chi connectivity index (χ3v) is 6.00. The molecule has 0 spiro atoms. The topological polar surface area (TPSA) is 52.6 Å². The van der Waals surface area contributed by atoms with Gasteiger partial charge in [0.1, 0.15) is 6.04 Å². The van der Waals surface area contributed by atoms with Crippen LogP contribution in [0.2, 0.25) is 5.02 Å². The highest BCUT2D eigenvalue weighted by Gasteiger charge is 2.37. The van der Waals surface area contributed by atoms with Gasteiger partial charge in [0.15, 0.2) is 0 Å². The molecule has 0 aliphatic carbocycles. The number of carbonyl (C=O) groups is 1. The van der Waals surface area contributed by atoms with Gasteiger partial charge in [-0.3, -0.25) is 4.79 Å². The van der Waals surface area contributed by atoms with Crippen LogP contribution in [0.3, 0.4) is 0 Å². The lowest BCUT2D eigenvalue weighted by Gasteiger charge is -2.40. The second-order valence-corrected chi connectivity index (χ2v) is 8.74. The van der Waals surface area contributed by atoms with Crippen molar-refractivity contribution < 1.29 is 23.1 Å². The average Bonchev–Trinajstić information content (AvgIpc) is 2.72. The van der Waals surface area contributed by atoms with Crippen molar-refractivity contribution in [1.29, 1.82) is 0 Å². The molecule has 0 aromatic heterocycles. The van der Waals surface area contributed by atoms with E-state index < -0.39 is 23.4 Å². The van der Waals surface area contributed by atoms with E-state index in [-0.39, 0.29) is 11.8 Å². The molecule has 2 N–H and O–H groups in total. The Labute approximate surface area is 185 Å². The number of amides is 1. The van der Waals surface area contributed by atoms with Crippen LogP contribution in [-0.2, 0) is 16.6 Å². The summed E-state index contributed by atoms with van der Waals surface area (Å²) in [6.45, 7) is 4.53. The molecule has 1 atom stereocenters. The summed E-state index contributed by atoms with van der Waals surface area (Å²) in [6, 6.07) is 11.1. The van der Waals surface area contributed by atoms with Gasteiger partial charge >= 0.3 is 6.18 Å². The maximum Gasteiger partial charge on any atom is 0.416 e. The van der Waals surface area contributed by atoms with E-state index in [0.29, 0.717) is 36.6 Å². The van der Waals surface area contributed by atoms with E-state index in [9.17, 15) is 23.1 Å². The van der Waals surface area contributed by atoms with Crippen LogP contribution in [0.1, 0.15) is 37.8 Å². The lowest BCUT2D eigenvalue weighted by molar-refractivity contribution is -0.138. The van der Waals surface area contributed by atoms with Gasteiger partial charge in [-0.2, -0.15) is 13.2 Å². The molecule has 1 aliphatic rings. The third-order valence-electron chi connectivity index (χ3n) is 5.75. The van der Waals surface area contributed by atoms with Gasteiger partial charge in [-0.1, -0.05) is 37.6 Å². The summed E-state index contributed by atoms with van der Waals surface area (Å²) in [5, 5.41) is 14.7. The lowest BCUT2D eigenvalue weighted by atomic mass is 9.84. The summed E-state index contributed by atoms with van der Waals surface area (Å²) in [7, 11) is 0. The number of nitrogens with zero attached hydrogens (tertiary/aromatic N) is 1. The fraction of sp³-hybridized carbons (Fsp3) is 0.435. The van der Waals surface area contributed by atoms with Gasteiger partial charge in [0.25, 0.3) is 0 Å². The highest BCUT2D eigenvalue weighted by molar-refractivity contribution is 6.30. The van der Waals surface area contributed by atoms with E-state index in [2.05, 4.69) is 5.32 Å². The van der Waals surface area contributed by atoms with E-state index in [0.717, 1.165) is 17.7 Å². The Morgan fingerprint density at radius 3 is 2.10 bits per heavy atom. The second-order valence-electron chi connectivity index (χ2n) is 8.30. The number of nitrogens with one attached hydrogen (secondary N) is 1. The van der Waals surface area contributed by atoms with E-state index in [4.69, 9.17) is 11.6 Å². The largest absolute Gasteiger partial charge is 0.416 e. The first-order valence-corrected chi connectivity index (χ1v) is 10.6. The first-order valence-electron chi connectivity index (χ1n) is 10.2. The van der Waals surface area contributed by atoms with Crippen molar-refractivity contribution in [1.82, 2.24) is 4.90 Å². The zero-order chi connectivity index (χ0) is 22.8. The predicted molar refractivity (Wildman–Crippen MR) is 115 cm³/mol. The molecule has 0 saturated carbocycles. The standard InChI is InChI=1S/C23H26ClF3N2O2/c1-15(2)20(28-19-9-5-17(6-10-19)23(25,26)27)21(30)29-13-11-22(31,12-14-29)16-3-7-18(24)8-4-16/h3-10,15,20,28,31H,11-14H2,1-2H3/t20-/m1/s1. The monoisotopic (exact) mass is 454 g/mol. The average molecular weight is 455 g/mol. The Morgan fingerprint density at radius 2 is 1.61 bits per heavy atom. The molecule has 31 heavy (non-hydrogen) atoms. The highest BCUT2D eigenvalue weighted by atomic mass is 35.5. The zero-order valence-corrected chi connectivity index (χ0v) is 18.2. The minimum atomic E-state index is -4.40. The summed E-state index contributed by atoms with van der Waals surface area (Å²) in [5.74, 6) is -0.208. The van der Waals surface area contributed by atoms with Crippen molar-refractivity contribution >= 4 is 23.2 Å². The van der Waals surface area contributed by atoms with Crippen LogP contribution in [0.5, 0.6) is 0 Å². The molecular weight excluding hydrogens is 429 g/mol. The Bertz CT molecular complexity index is 891. The Balaban J connectivity index is 1.66. The van der Waals surface area contributed by atoms with Crippen LogP contribution in [0.25, 0.3) is 0 Å². The molecule has 8 heteroatoms. The quantitative estimate of drug-likeness (QED) is 0.644. The van der Waals surface area contributed by atoms with Gasteiger partial charge < -0.3 is 15.3 Å². The molecule has 2 aromatic carbocycles. The van der Waals surface area contributed by atoms with Gasteiger partial charge in [-0.05, 0) is 60.7 Å². The first-order chi connectivity index (χ1) is 14.5. The van der Waals surface area contributed by atoms with Crippen molar-refractivity contribution in [2.45, 2.75) is 44.5 Å². The van der Waals surface area contributed by atoms with Gasteiger partial charge in [0, 0.05) is 23.8 Å². The van der Waals surface area contributed by atoms with E-state index >= 15 is 0 Å². The number of rotatable bonds is 5. The molecule has 0 unspecified atom stereocenters. The minimum absolute atomic E-state index is 0.0770. The summed E-state index contributed by atoms with van der Waals surface area (Å²) in [4.78, 5) is 14.8. The van der Waals surface area contributed by atoms with Gasteiger partial charge in [0.2, 0.25) is 5.91 Å². The van der Waals surface area contributed by atoms with Crippen molar-refractivity contribution in [3.05, 3.63) is 64.7 Å². The van der Waals surface area contributed by atoms with Crippen LogP contribution >= 0.6 is 11.6 Å². The molecule has 1 fully saturated rings. The van der Waals surface area contributed by atoms with Crippen LogP contribution < -0.4 is 5.32 Å². The first kappa shape index (κ1) is 23.4. The molecule has 1 amide bonds. The normalized spacial score (nSPS) is 17.5. The number of benzene rings is 2. The summed E-state index contributed by atoms with van der Waals surface area (Å²) in [5.41, 5.74) is -0.528. The number of carbonyl (C=O) groups excluding carboxylic acids is 1. The van der Waals surface area contributed by atoms with Crippen LogP contribution in [0.4, 0.5) is 18.9 Å². The molecule has 0 radical (unpaired) electrons. The third kappa shape index (κ3) is 5.52. The predicted octanol–water partition coefficient (Wildman–Crippen LogP) is 5.31. The number of aliphatic hydroxyl groups is 1. The van der Waals surface area contributed by atoms with E-state index in [1.807, 2.05) is 13.8 Å². The van der Waals surface area contributed by atoms with Crippen molar-refractivity contribution in [3.8, 4) is 0 Å². The molecule has 4 nitrogen and oxygen atoms in total. The summed E-state index contributed by atoms with van der Waals surface area (Å²) in [6.07, 6.45) is -3.61. The number of halogens is 4. The zero-order valence-electron chi connectivity index (χ0n) is 17.4. The molecule has 3 rings (SSSR count). The fourth-order valence-corrected chi connectivity index (χ4v) is 3.92. The molecule has 1 aliphatic heterocycles. The number of hydrogen-bond acceptors (Lipinski definition) is 3. The van der Waals surface area contributed by atoms with Gasteiger partial charge in [-0.25, -0.2) is 0 Å². The molecule has 1 heterocycles. The fourth-order valence-electron chi connectivity index (χ4n) is 3.79. The maximum atomic E-state index is 13.1. The molecule has 168 valence electrons. The maximum absolute atomic E-state index is 13.1. The number of piperidine rings is 1. The molecule has 1 saturated heterocycles. The number of likely N-dealkylation sites (tertiary alicyclic amines) is 1. The Kier molecular flexibility index (Phi) is 6.86. The van der Waals surface area contributed by atoms with Gasteiger partial charge in [0.05, 0.1) is 11.2 Å². The number of anilines is 1. The second kappa shape index (κ2) is 9.09. The Morgan fingerprint density at radius 1 is 1.06 bits per heavy atom. The summed E-state index contributed by atoms with van der Waals surface area (Å²) >= 11 is 5.93. The van der Waals surface area contributed by atoms with Crippen molar-refractivity contribution in [3.63, 3.8) is 0 Å². The SMILES string of the molecule is CC(C)[C@@H](Nc1ccc(C(F)(F)F)cc1)C(=O)N1CCC(O)(c2ccc(Cl)cc2)CC1. The molecule has 0 bridgehead atoms. The number of hydrogen-bond donors (Lipinski definition) is 2. The van der Waals surface area contributed by atoms with Crippen LogP contribution in [0, 0.1) is 5.92 Å². The molecule has 2 aromatic rings. The van der Waals surface area contributed by atoms with Gasteiger partial charge in [-0.15, -0.1) is 0 Å². The minimum Gasteiger partial charge on any atom is -0.385 e. The molecular formula is C23H26ClF3N2O2. The van der Waals surface area contributed by atoms with Crippen LogP contribution in [-0.4, -0.2) is 35.0 Å². The van der Waals surface area contributed by atoms with E-state index in [1.165, 1.54) is 12.1 Å². The van der Waals surface area contributed by atoms with Crippen molar-refractivity contribution in [2.24, 2.45) is 5.92 Å². The Hall–Kier alpha value is -2.25.